The van der Waals surface area contributed by atoms with E-state index in [2.05, 4.69) is 5.32 Å². The Kier molecular flexibility index (Phi) is 8.95. The molecule has 1 saturated heterocycles. The molecule has 37 heavy (non-hydrogen) atoms. The smallest absolute Gasteiger partial charge is 0.264 e. The molecule has 1 aliphatic heterocycles. The van der Waals surface area contributed by atoms with Gasteiger partial charge in [-0.15, -0.1) is 0 Å². The summed E-state index contributed by atoms with van der Waals surface area (Å²) in [7, 11) is 1.58. The molecule has 0 spiro atoms. The van der Waals surface area contributed by atoms with Crippen LogP contribution in [0.15, 0.2) is 42.5 Å². The van der Waals surface area contributed by atoms with Crippen molar-refractivity contribution < 1.29 is 19.1 Å². The fourth-order valence-corrected chi connectivity index (χ4v) is 5.23. The molecule has 3 N–H and O–H groups in total. The summed E-state index contributed by atoms with van der Waals surface area (Å²) in [5.74, 6) is -0.289. The van der Waals surface area contributed by atoms with Crippen LogP contribution in [0.3, 0.4) is 0 Å². The predicted molar refractivity (Wildman–Crippen MR) is 143 cm³/mol. The average molecular weight is 547 g/mol. The first-order valence-electron chi connectivity index (χ1n) is 12.5. The van der Waals surface area contributed by atoms with Crippen LogP contribution in [0, 0.1) is 0 Å². The van der Waals surface area contributed by atoms with Gasteiger partial charge in [0.1, 0.15) is 5.75 Å². The van der Waals surface area contributed by atoms with Gasteiger partial charge in [-0.1, -0.05) is 35.3 Å². The summed E-state index contributed by atoms with van der Waals surface area (Å²) < 4.78 is 5.20. The molecule has 1 aliphatic carbocycles. The van der Waals surface area contributed by atoms with Crippen LogP contribution in [0.4, 0.5) is 0 Å². The number of hydrogen-bond acceptors (Lipinski definition) is 5. The van der Waals surface area contributed by atoms with Crippen molar-refractivity contribution in [3.63, 3.8) is 0 Å². The van der Waals surface area contributed by atoms with Gasteiger partial charge in [-0.3, -0.25) is 14.4 Å². The summed E-state index contributed by atoms with van der Waals surface area (Å²) >= 11 is 12.2. The van der Waals surface area contributed by atoms with E-state index >= 15 is 0 Å². The fraction of sp³-hybridized carbons (Fsp3) is 0.444. The van der Waals surface area contributed by atoms with Gasteiger partial charge >= 0.3 is 0 Å². The zero-order valence-electron chi connectivity index (χ0n) is 20.8. The zero-order chi connectivity index (χ0) is 26.5. The Balaban J connectivity index is 1.59. The van der Waals surface area contributed by atoms with E-state index in [4.69, 9.17) is 33.7 Å². The summed E-state index contributed by atoms with van der Waals surface area (Å²) in [5, 5.41) is 3.66. The first-order chi connectivity index (χ1) is 17.8. The standard InChI is InChI=1S/C27H32Cl2N4O4/c1-37-21-10-3-17(4-11-21)15-24(34)32-13-2-14-33(27(36)18-5-12-22(28)23(29)16-18)26(32)25(35)31-20-8-6-19(30)7-9-20/h3-5,10-12,16,19-20,26H,2,6-9,13-15,30H2,1H3,(H,31,35). The summed E-state index contributed by atoms with van der Waals surface area (Å²) in [4.78, 5) is 43.7. The summed E-state index contributed by atoms with van der Waals surface area (Å²) in [5.41, 5.74) is 7.12. The molecule has 2 aliphatic rings. The number of carbonyl (C=O) groups excluding carboxylic acids is 3. The third-order valence-corrected chi connectivity index (χ3v) is 7.74. The number of amides is 3. The predicted octanol–water partition coefficient (Wildman–Crippen LogP) is 3.63. The Bertz CT molecular complexity index is 1140. The van der Waals surface area contributed by atoms with Gasteiger partial charge in [0.2, 0.25) is 5.91 Å². The molecule has 0 aromatic heterocycles. The topological polar surface area (TPSA) is 105 Å². The van der Waals surface area contributed by atoms with E-state index in [0.29, 0.717) is 35.8 Å². The van der Waals surface area contributed by atoms with Crippen LogP contribution in [0.1, 0.15) is 48.0 Å². The van der Waals surface area contributed by atoms with Gasteiger partial charge in [-0.05, 0) is 68.0 Å². The van der Waals surface area contributed by atoms with Gasteiger partial charge in [-0.2, -0.15) is 0 Å². The number of benzene rings is 2. The van der Waals surface area contributed by atoms with Gasteiger partial charge in [0.15, 0.2) is 6.17 Å². The lowest BCUT2D eigenvalue weighted by Gasteiger charge is -2.43. The number of rotatable bonds is 6. The lowest BCUT2D eigenvalue weighted by atomic mass is 9.91. The minimum atomic E-state index is -1.07. The van der Waals surface area contributed by atoms with Crippen molar-refractivity contribution in [2.75, 3.05) is 20.2 Å². The molecule has 10 heteroatoms. The normalized spacial score (nSPS) is 21.9. The number of halogens is 2. The number of nitrogens with zero attached hydrogens (tertiary/aromatic N) is 2. The molecule has 3 amide bonds. The molecule has 198 valence electrons. The number of nitrogens with one attached hydrogen (secondary N) is 1. The molecular weight excluding hydrogens is 515 g/mol. The van der Waals surface area contributed by atoms with E-state index in [1.54, 1.807) is 31.4 Å². The van der Waals surface area contributed by atoms with Crippen LogP contribution >= 0.6 is 23.2 Å². The maximum Gasteiger partial charge on any atom is 0.264 e. The van der Waals surface area contributed by atoms with Gasteiger partial charge in [0, 0.05) is 30.7 Å². The minimum Gasteiger partial charge on any atom is -0.497 e. The SMILES string of the molecule is COc1ccc(CC(=O)N2CCCN(C(=O)c3ccc(Cl)c(Cl)c3)C2C(=O)NC2CCC(N)CC2)cc1. The molecule has 2 aromatic carbocycles. The third kappa shape index (κ3) is 6.55. The van der Waals surface area contributed by atoms with Crippen molar-refractivity contribution in [3.8, 4) is 5.75 Å². The highest BCUT2D eigenvalue weighted by Crippen LogP contribution is 2.26. The molecular formula is C27H32Cl2N4O4. The number of hydrogen-bond donors (Lipinski definition) is 2. The average Bonchev–Trinajstić information content (AvgIpc) is 2.91. The van der Waals surface area contributed by atoms with Crippen molar-refractivity contribution in [2.45, 2.75) is 56.8 Å². The van der Waals surface area contributed by atoms with Gasteiger partial charge < -0.3 is 25.6 Å². The van der Waals surface area contributed by atoms with E-state index in [1.807, 2.05) is 12.1 Å². The Labute approximate surface area is 227 Å². The Morgan fingerprint density at radius 3 is 2.30 bits per heavy atom. The van der Waals surface area contributed by atoms with Crippen molar-refractivity contribution in [1.29, 1.82) is 0 Å². The molecule has 2 fully saturated rings. The van der Waals surface area contributed by atoms with E-state index < -0.39 is 6.17 Å². The molecule has 1 atom stereocenters. The molecule has 1 saturated carbocycles. The number of carbonyl (C=O) groups is 3. The largest absolute Gasteiger partial charge is 0.497 e. The first kappa shape index (κ1) is 27.2. The number of methoxy groups -OCH3 is 1. The lowest BCUT2D eigenvalue weighted by molar-refractivity contribution is -0.149. The first-order valence-corrected chi connectivity index (χ1v) is 13.3. The van der Waals surface area contributed by atoms with Crippen molar-refractivity contribution in [1.82, 2.24) is 15.1 Å². The quantitative estimate of drug-likeness (QED) is 0.575. The van der Waals surface area contributed by atoms with E-state index in [9.17, 15) is 14.4 Å². The second-order valence-corrected chi connectivity index (χ2v) is 10.4. The highest BCUT2D eigenvalue weighted by molar-refractivity contribution is 6.42. The second kappa shape index (κ2) is 12.2. The van der Waals surface area contributed by atoms with Gasteiger partial charge in [0.25, 0.3) is 11.8 Å². The summed E-state index contributed by atoms with van der Waals surface area (Å²) in [6, 6.07) is 11.9. The Hall–Kier alpha value is -2.81. The maximum atomic E-state index is 13.7. The summed E-state index contributed by atoms with van der Waals surface area (Å²) in [6.07, 6.45) is 2.74. The fourth-order valence-electron chi connectivity index (χ4n) is 4.93. The van der Waals surface area contributed by atoms with Crippen molar-refractivity contribution >= 4 is 40.9 Å². The highest BCUT2D eigenvalue weighted by atomic mass is 35.5. The molecule has 1 heterocycles. The highest BCUT2D eigenvalue weighted by Gasteiger charge is 2.41. The zero-order valence-corrected chi connectivity index (χ0v) is 22.3. The minimum absolute atomic E-state index is 0.0466. The van der Waals surface area contributed by atoms with Crippen LogP contribution in [0.5, 0.6) is 5.75 Å². The Morgan fingerprint density at radius 2 is 1.65 bits per heavy atom. The van der Waals surface area contributed by atoms with E-state index in [-0.39, 0.29) is 41.2 Å². The lowest BCUT2D eigenvalue weighted by Crippen LogP contribution is -2.64. The van der Waals surface area contributed by atoms with Gasteiger partial charge in [0.05, 0.1) is 23.6 Å². The summed E-state index contributed by atoms with van der Waals surface area (Å²) in [6.45, 7) is 0.701. The molecule has 8 nitrogen and oxygen atoms in total. The monoisotopic (exact) mass is 546 g/mol. The van der Waals surface area contributed by atoms with Crippen LogP contribution in [0.25, 0.3) is 0 Å². The second-order valence-electron chi connectivity index (χ2n) is 9.59. The van der Waals surface area contributed by atoms with Crippen LogP contribution in [-0.2, 0) is 16.0 Å². The van der Waals surface area contributed by atoms with Crippen molar-refractivity contribution in [2.24, 2.45) is 5.73 Å². The third-order valence-electron chi connectivity index (χ3n) is 7.00. The van der Waals surface area contributed by atoms with E-state index in [1.165, 1.54) is 15.9 Å². The molecule has 0 radical (unpaired) electrons. The molecule has 1 unspecified atom stereocenters. The van der Waals surface area contributed by atoms with Crippen LogP contribution < -0.4 is 15.8 Å². The number of ether oxygens (including phenoxy) is 1. The van der Waals surface area contributed by atoms with Crippen LogP contribution in [0.2, 0.25) is 10.0 Å². The Morgan fingerprint density at radius 1 is 0.973 bits per heavy atom. The molecule has 0 bridgehead atoms. The van der Waals surface area contributed by atoms with Crippen LogP contribution in [-0.4, -0.2) is 66.0 Å². The van der Waals surface area contributed by atoms with Gasteiger partial charge in [-0.25, -0.2) is 0 Å². The molecule has 4 rings (SSSR count). The van der Waals surface area contributed by atoms with Crippen molar-refractivity contribution in [3.05, 3.63) is 63.6 Å². The maximum absolute atomic E-state index is 13.7. The van der Waals surface area contributed by atoms with E-state index in [0.717, 1.165) is 31.2 Å². The number of nitrogens with two attached hydrogens (primary N) is 1. The molecule has 2 aromatic rings.